The largest absolute Gasteiger partial charge is 0.347 e. The lowest BCUT2D eigenvalue weighted by molar-refractivity contribution is -0.117. The van der Waals surface area contributed by atoms with Crippen LogP contribution in [0.5, 0.6) is 0 Å². The Bertz CT molecular complexity index is 801. The van der Waals surface area contributed by atoms with Crippen LogP contribution in [0, 0.1) is 18.3 Å². The van der Waals surface area contributed by atoms with E-state index >= 15 is 0 Å². The summed E-state index contributed by atoms with van der Waals surface area (Å²) in [5, 5.41) is 12.1. The molecule has 0 spiro atoms. The van der Waals surface area contributed by atoms with Gasteiger partial charge in [-0.25, -0.2) is 0 Å². The summed E-state index contributed by atoms with van der Waals surface area (Å²) in [5.74, 6) is -0.358. The number of hydrogen-bond acceptors (Lipinski definition) is 2. The lowest BCUT2D eigenvalue weighted by atomic mass is 9.86. The highest BCUT2D eigenvalue weighted by Gasteiger charge is 2.13. The van der Waals surface area contributed by atoms with Crippen molar-refractivity contribution in [2.75, 3.05) is 0 Å². The van der Waals surface area contributed by atoms with Gasteiger partial charge in [0.05, 0.1) is 0 Å². The van der Waals surface area contributed by atoms with Crippen molar-refractivity contribution in [3.8, 4) is 6.07 Å². The van der Waals surface area contributed by atoms with E-state index in [-0.39, 0.29) is 16.9 Å². The normalized spacial score (nSPS) is 11.7. The van der Waals surface area contributed by atoms with E-state index in [0.717, 1.165) is 11.1 Å². The maximum absolute atomic E-state index is 12.2. The molecule has 0 heterocycles. The molecule has 1 N–H and O–H groups in total. The van der Waals surface area contributed by atoms with Gasteiger partial charge in [0.25, 0.3) is 5.91 Å². The number of amides is 1. The van der Waals surface area contributed by atoms with Crippen LogP contribution in [-0.4, -0.2) is 5.91 Å². The van der Waals surface area contributed by atoms with Crippen LogP contribution >= 0.6 is 0 Å². The Morgan fingerprint density at radius 1 is 1.08 bits per heavy atom. The Hall–Kier alpha value is -2.86. The van der Waals surface area contributed by atoms with E-state index in [9.17, 15) is 10.1 Å². The van der Waals surface area contributed by atoms with Crippen molar-refractivity contribution in [3.63, 3.8) is 0 Å². The first-order valence-corrected chi connectivity index (χ1v) is 8.35. The predicted octanol–water partition coefficient (Wildman–Crippen LogP) is 4.52. The van der Waals surface area contributed by atoms with Crippen molar-refractivity contribution in [1.29, 1.82) is 5.26 Å². The van der Waals surface area contributed by atoms with Crippen molar-refractivity contribution < 1.29 is 4.79 Å². The Morgan fingerprint density at radius 3 is 2.20 bits per heavy atom. The Morgan fingerprint density at radius 2 is 1.68 bits per heavy atom. The van der Waals surface area contributed by atoms with Crippen LogP contribution in [0.3, 0.4) is 0 Å². The van der Waals surface area contributed by atoms with Crippen LogP contribution in [0.25, 0.3) is 6.08 Å². The molecule has 0 aromatic heterocycles. The molecule has 3 nitrogen and oxygen atoms in total. The van der Waals surface area contributed by atoms with Crippen molar-refractivity contribution in [2.45, 2.75) is 39.7 Å². The maximum atomic E-state index is 12.2. The van der Waals surface area contributed by atoms with Gasteiger partial charge >= 0.3 is 0 Å². The third-order valence-corrected chi connectivity index (χ3v) is 4.03. The van der Waals surface area contributed by atoms with E-state index < -0.39 is 0 Å². The molecule has 25 heavy (non-hydrogen) atoms. The quantitative estimate of drug-likeness (QED) is 0.661. The van der Waals surface area contributed by atoms with Crippen molar-refractivity contribution in [2.24, 2.45) is 0 Å². The van der Waals surface area contributed by atoms with E-state index in [0.29, 0.717) is 6.54 Å². The first-order valence-electron chi connectivity index (χ1n) is 8.35. The minimum atomic E-state index is -0.358. The molecule has 0 fully saturated rings. The summed E-state index contributed by atoms with van der Waals surface area (Å²) < 4.78 is 0. The summed E-state index contributed by atoms with van der Waals surface area (Å²) in [5.41, 5.74) is 4.42. The highest BCUT2D eigenvalue weighted by Crippen LogP contribution is 2.22. The zero-order valence-corrected chi connectivity index (χ0v) is 15.3. The molecule has 3 heteroatoms. The fourth-order valence-corrected chi connectivity index (χ4v) is 2.38. The summed E-state index contributed by atoms with van der Waals surface area (Å²) >= 11 is 0. The zero-order valence-electron chi connectivity index (χ0n) is 15.3. The highest BCUT2D eigenvalue weighted by atomic mass is 16.1. The zero-order chi connectivity index (χ0) is 18.4. The molecule has 128 valence electrons. The van der Waals surface area contributed by atoms with E-state index in [1.165, 1.54) is 11.1 Å². The number of carbonyl (C=O) groups is 1. The van der Waals surface area contributed by atoms with Gasteiger partial charge in [-0.15, -0.1) is 0 Å². The van der Waals surface area contributed by atoms with Gasteiger partial charge in [0.2, 0.25) is 0 Å². The topological polar surface area (TPSA) is 52.9 Å². The SMILES string of the molecule is Cc1ccc(CNC(=O)C(C#N)=Cc2ccc(C(C)(C)C)cc2)cc1. The lowest BCUT2D eigenvalue weighted by Gasteiger charge is -2.18. The Labute approximate surface area is 150 Å². The summed E-state index contributed by atoms with van der Waals surface area (Å²) in [4.78, 5) is 12.2. The van der Waals surface area contributed by atoms with Gasteiger partial charge in [0.1, 0.15) is 11.6 Å². The van der Waals surface area contributed by atoms with Crippen LogP contribution in [0.1, 0.15) is 43.0 Å². The highest BCUT2D eigenvalue weighted by molar-refractivity contribution is 6.01. The van der Waals surface area contributed by atoms with Crippen LogP contribution in [0.2, 0.25) is 0 Å². The van der Waals surface area contributed by atoms with Crippen LogP contribution in [-0.2, 0) is 16.8 Å². The third kappa shape index (κ3) is 5.32. The number of rotatable bonds is 4. The maximum Gasteiger partial charge on any atom is 0.262 e. The second-order valence-corrected chi connectivity index (χ2v) is 7.21. The minimum Gasteiger partial charge on any atom is -0.347 e. The molecule has 0 aliphatic carbocycles. The number of hydrogen-bond donors (Lipinski definition) is 1. The van der Waals surface area contributed by atoms with Gasteiger partial charge < -0.3 is 5.32 Å². The van der Waals surface area contributed by atoms with Crippen molar-refractivity contribution >= 4 is 12.0 Å². The van der Waals surface area contributed by atoms with Gasteiger partial charge in [-0.05, 0) is 35.1 Å². The summed E-state index contributed by atoms with van der Waals surface area (Å²) in [6.45, 7) is 8.87. The summed E-state index contributed by atoms with van der Waals surface area (Å²) in [6, 6.07) is 17.9. The second-order valence-electron chi connectivity index (χ2n) is 7.21. The molecule has 0 radical (unpaired) electrons. The van der Waals surface area contributed by atoms with Gasteiger partial charge in [-0.2, -0.15) is 5.26 Å². The van der Waals surface area contributed by atoms with E-state index in [1.54, 1.807) is 6.08 Å². The smallest absolute Gasteiger partial charge is 0.262 e. The van der Waals surface area contributed by atoms with Gasteiger partial charge in [0, 0.05) is 6.54 Å². The van der Waals surface area contributed by atoms with Gasteiger partial charge in [-0.3, -0.25) is 4.79 Å². The van der Waals surface area contributed by atoms with Crippen LogP contribution < -0.4 is 5.32 Å². The fourth-order valence-electron chi connectivity index (χ4n) is 2.38. The van der Waals surface area contributed by atoms with Gasteiger partial charge in [0.15, 0.2) is 0 Å². The first kappa shape index (κ1) is 18.5. The average Bonchev–Trinajstić information content (AvgIpc) is 2.58. The molecule has 0 saturated heterocycles. The number of aryl methyl sites for hydroxylation is 1. The molecule has 1 amide bonds. The monoisotopic (exact) mass is 332 g/mol. The van der Waals surface area contributed by atoms with E-state index in [1.807, 2.05) is 61.5 Å². The summed E-state index contributed by atoms with van der Waals surface area (Å²) in [6.07, 6.45) is 1.62. The van der Waals surface area contributed by atoms with Crippen LogP contribution in [0.15, 0.2) is 54.1 Å². The number of benzene rings is 2. The second kappa shape index (κ2) is 7.81. The molecule has 0 saturated carbocycles. The fraction of sp³-hybridized carbons (Fsp3) is 0.273. The molecule has 0 atom stereocenters. The van der Waals surface area contributed by atoms with E-state index in [2.05, 4.69) is 26.1 Å². The molecule has 2 aromatic carbocycles. The van der Waals surface area contributed by atoms with Crippen LogP contribution in [0.4, 0.5) is 0 Å². The van der Waals surface area contributed by atoms with E-state index in [4.69, 9.17) is 0 Å². The number of nitriles is 1. The summed E-state index contributed by atoms with van der Waals surface area (Å²) in [7, 11) is 0. The Kier molecular flexibility index (Phi) is 5.77. The number of nitrogens with zero attached hydrogens (tertiary/aromatic N) is 1. The average molecular weight is 332 g/mol. The number of nitrogens with one attached hydrogen (secondary N) is 1. The Balaban J connectivity index is 2.07. The molecule has 2 rings (SSSR count). The molecular formula is C22H24N2O. The first-order chi connectivity index (χ1) is 11.8. The molecular weight excluding hydrogens is 308 g/mol. The van der Waals surface area contributed by atoms with Gasteiger partial charge in [-0.1, -0.05) is 74.9 Å². The minimum absolute atomic E-state index is 0.0751. The predicted molar refractivity (Wildman–Crippen MR) is 102 cm³/mol. The molecule has 0 aliphatic rings. The molecule has 0 unspecified atom stereocenters. The standard InChI is InChI=1S/C22H24N2O/c1-16-5-7-18(8-6-16)15-24-21(25)19(14-23)13-17-9-11-20(12-10-17)22(2,3)4/h5-13H,15H2,1-4H3,(H,24,25). The van der Waals surface area contributed by atoms with Crippen molar-refractivity contribution in [3.05, 3.63) is 76.4 Å². The third-order valence-electron chi connectivity index (χ3n) is 4.03. The lowest BCUT2D eigenvalue weighted by Crippen LogP contribution is -2.23. The molecule has 0 aliphatic heterocycles. The number of carbonyl (C=O) groups excluding carboxylic acids is 1. The van der Waals surface area contributed by atoms with Crippen molar-refractivity contribution in [1.82, 2.24) is 5.32 Å². The molecule has 2 aromatic rings. The molecule has 0 bridgehead atoms.